The molecule has 23 heavy (non-hydrogen) atoms. The zero-order chi connectivity index (χ0) is 16.7. The van der Waals surface area contributed by atoms with Crippen LogP contribution in [0.25, 0.3) is 0 Å². The topological polar surface area (TPSA) is 58.6 Å². The molecule has 0 radical (unpaired) electrons. The van der Waals surface area contributed by atoms with Gasteiger partial charge in [0.25, 0.3) is 0 Å². The molecule has 5 heteroatoms. The summed E-state index contributed by atoms with van der Waals surface area (Å²) in [4.78, 5) is 25.2. The first kappa shape index (κ1) is 16.9. The average Bonchev–Trinajstić information content (AvgIpc) is 2.59. The average molecular weight is 314 g/mol. The Morgan fingerprint density at radius 2 is 2.00 bits per heavy atom. The van der Waals surface area contributed by atoms with Gasteiger partial charge in [-0.3, -0.25) is 9.59 Å². The summed E-state index contributed by atoms with van der Waals surface area (Å²) in [5.74, 6) is 6.74. The van der Waals surface area contributed by atoms with E-state index in [2.05, 4.69) is 17.2 Å². The number of rotatable bonds is 3. The van der Waals surface area contributed by atoms with Gasteiger partial charge in [0.2, 0.25) is 11.8 Å². The van der Waals surface area contributed by atoms with Gasteiger partial charge in [0.1, 0.15) is 5.75 Å². The first-order chi connectivity index (χ1) is 11.1. The summed E-state index contributed by atoms with van der Waals surface area (Å²) in [5, 5.41) is 2.85. The van der Waals surface area contributed by atoms with E-state index < -0.39 is 0 Å². The molecule has 0 unspecified atom stereocenters. The summed E-state index contributed by atoms with van der Waals surface area (Å²) >= 11 is 0. The van der Waals surface area contributed by atoms with E-state index in [0.29, 0.717) is 32.5 Å². The van der Waals surface area contributed by atoms with Gasteiger partial charge in [0.05, 0.1) is 19.2 Å². The summed E-state index contributed by atoms with van der Waals surface area (Å²) in [5.41, 5.74) is 0.805. The van der Waals surface area contributed by atoms with E-state index >= 15 is 0 Å². The Kier molecular flexibility index (Phi) is 6.04. The quantitative estimate of drug-likeness (QED) is 0.859. The number of piperidine rings is 1. The highest BCUT2D eigenvalue weighted by molar-refractivity contribution is 5.79. The van der Waals surface area contributed by atoms with Gasteiger partial charge in [0, 0.05) is 25.9 Å². The number of likely N-dealkylation sites (tertiary alicyclic amines) is 1. The lowest BCUT2D eigenvalue weighted by atomic mass is 9.96. The van der Waals surface area contributed by atoms with Crippen LogP contribution in [0.15, 0.2) is 24.3 Å². The molecule has 1 aliphatic heterocycles. The Bertz CT molecular complexity index is 623. The van der Waals surface area contributed by atoms with Crippen LogP contribution in [0.2, 0.25) is 0 Å². The van der Waals surface area contributed by atoms with Crippen LogP contribution in [-0.4, -0.2) is 43.5 Å². The first-order valence-electron chi connectivity index (χ1n) is 7.77. The summed E-state index contributed by atoms with van der Waals surface area (Å²) in [6.45, 7) is 3.18. The lowest BCUT2D eigenvalue weighted by Gasteiger charge is -2.30. The number of ether oxygens (including phenoxy) is 1. The summed E-state index contributed by atoms with van der Waals surface area (Å²) in [7, 11) is 1.61. The van der Waals surface area contributed by atoms with Crippen LogP contribution in [0.3, 0.4) is 0 Å². The van der Waals surface area contributed by atoms with Gasteiger partial charge in [-0.05, 0) is 25.0 Å². The van der Waals surface area contributed by atoms with E-state index in [1.807, 2.05) is 24.3 Å². The molecular weight excluding hydrogens is 292 g/mol. The molecule has 1 aliphatic rings. The van der Waals surface area contributed by atoms with Crippen molar-refractivity contribution in [3.8, 4) is 17.6 Å². The van der Waals surface area contributed by atoms with Crippen LogP contribution in [0.1, 0.15) is 25.3 Å². The molecular formula is C18H22N2O3. The maximum Gasteiger partial charge on any atom is 0.223 e. The van der Waals surface area contributed by atoms with Gasteiger partial charge in [0.15, 0.2) is 0 Å². The van der Waals surface area contributed by atoms with Crippen molar-refractivity contribution in [2.75, 3.05) is 26.7 Å². The third kappa shape index (κ3) is 4.75. The Morgan fingerprint density at radius 3 is 2.65 bits per heavy atom. The van der Waals surface area contributed by atoms with Gasteiger partial charge in [-0.15, -0.1) is 0 Å². The number of hydrogen-bond donors (Lipinski definition) is 1. The normalized spacial score (nSPS) is 14.6. The van der Waals surface area contributed by atoms with Crippen molar-refractivity contribution in [3.05, 3.63) is 29.8 Å². The second-order valence-corrected chi connectivity index (χ2v) is 5.50. The zero-order valence-electron chi connectivity index (χ0n) is 13.6. The Balaban J connectivity index is 1.80. The number of hydrogen-bond acceptors (Lipinski definition) is 3. The molecule has 0 atom stereocenters. The summed E-state index contributed by atoms with van der Waals surface area (Å²) < 4.78 is 5.23. The van der Waals surface area contributed by atoms with Crippen LogP contribution in [0, 0.1) is 17.8 Å². The smallest absolute Gasteiger partial charge is 0.223 e. The number of benzene rings is 1. The van der Waals surface area contributed by atoms with Crippen LogP contribution in [0.5, 0.6) is 5.75 Å². The molecule has 122 valence electrons. The Labute approximate surface area is 137 Å². The fraction of sp³-hybridized carbons (Fsp3) is 0.444. The SMILES string of the molecule is COc1ccccc1C#CCNC(=O)C1CCN(C(C)=O)CC1. The van der Waals surface area contributed by atoms with Crippen molar-refractivity contribution in [1.82, 2.24) is 10.2 Å². The fourth-order valence-corrected chi connectivity index (χ4v) is 2.62. The van der Waals surface area contributed by atoms with Crippen molar-refractivity contribution >= 4 is 11.8 Å². The van der Waals surface area contributed by atoms with Crippen molar-refractivity contribution in [2.45, 2.75) is 19.8 Å². The molecule has 0 spiro atoms. The summed E-state index contributed by atoms with van der Waals surface area (Å²) in [6, 6.07) is 7.52. The second kappa shape index (κ2) is 8.23. The molecule has 0 aliphatic carbocycles. The predicted molar refractivity (Wildman–Crippen MR) is 87.9 cm³/mol. The molecule has 0 aromatic heterocycles. The van der Waals surface area contributed by atoms with Crippen LogP contribution in [-0.2, 0) is 9.59 Å². The number of carbonyl (C=O) groups is 2. The highest BCUT2D eigenvalue weighted by Crippen LogP contribution is 2.17. The monoisotopic (exact) mass is 314 g/mol. The van der Waals surface area contributed by atoms with E-state index in [-0.39, 0.29) is 17.7 Å². The molecule has 0 saturated carbocycles. The van der Waals surface area contributed by atoms with Gasteiger partial charge in [-0.2, -0.15) is 0 Å². The Hall–Kier alpha value is -2.48. The van der Waals surface area contributed by atoms with E-state index in [9.17, 15) is 9.59 Å². The van der Waals surface area contributed by atoms with E-state index in [0.717, 1.165) is 11.3 Å². The predicted octanol–water partition coefficient (Wildman–Crippen LogP) is 1.42. The van der Waals surface area contributed by atoms with Gasteiger partial charge in [-0.25, -0.2) is 0 Å². The van der Waals surface area contributed by atoms with Gasteiger partial charge >= 0.3 is 0 Å². The number of nitrogens with zero attached hydrogens (tertiary/aromatic N) is 1. The molecule has 1 aromatic carbocycles. The van der Waals surface area contributed by atoms with E-state index in [4.69, 9.17) is 4.74 Å². The molecule has 1 N–H and O–H groups in total. The maximum absolute atomic E-state index is 12.1. The largest absolute Gasteiger partial charge is 0.495 e. The minimum atomic E-state index is -0.0290. The number of carbonyl (C=O) groups excluding carboxylic acids is 2. The third-order valence-electron chi connectivity index (χ3n) is 3.99. The van der Waals surface area contributed by atoms with Gasteiger partial charge < -0.3 is 15.0 Å². The Morgan fingerprint density at radius 1 is 1.30 bits per heavy atom. The van der Waals surface area contributed by atoms with Crippen molar-refractivity contribution in [1.29, 1.82) is 0 Å². The summed E-state index contributed by atoms with van der Waals surface area (Å²) in [6.07, 6.45) is 1.43. The van der Waals surface area contributed by atoms with E-state index in [1.54, 1.807) is 18.9 Å². The number of amides is 2. The molecule has 2 rings (SSSR count). The van der Waals surface area contributed by atoms with Crippen molar-refractivity contribution in [3.63, 3.8) is 0 Å². The van der Waals surface area contributed by atoms with Crippen LogP contribution >= 0.6 is 0 Å². The lowest BCUT2D eigenvalue weighted by molar-refractivity contribution is -0.133. The van der Waals surface area contributed by atoms with Crippen LogP contribution in [0.4, 0.5) is 0 Å². The zero-order valence-corrected chi connectivity index (χ0v) is 13.6. The minimum absolute atomic E-state index is 0.0162. The van der Waals surface area contributed by atoms with Gasteiger partial charge in [-0.1, -0.05) is 24.0 Å². The van der Waals surface area contributed by atoms with Crippen molar-refractivity contribution < 1.29 is 14.3 Å². The molecule has 1 heterocycles. The first-order valence-corrected chi connectivity index (χ1v) is 7.77. The molecule has 5 nitrogen and oxygen atoms in total. The van der Waals surface area contributed by atoms with E-state index in [1.165, 1.54) is 0 Å². The highest BCUT2D eigenvalue weighted by Gasteiger charge is 2.25. The molecule has 1 aromatic rings. The standard InChI is InChI=1S/C18H22N2O3/c1-14(21)20-12-9-16(10-13-20)18(22)19-11-5-7-15-6-3-4-8-17(15)23-2/h3-4,6,8,16H,9-13H2,1-2H3,(H,19,22). The molecule has 2 amide bonds. The van der Waals surface area contributed by atoms with Crippen LogP contribution < -0.4 is 10.1 Å². The third-order valence-corrected chi connectivity index (χ3v) is 3.99. The second-order valence-electron chi connectivity index (χ2n) is 5.50. The molecule has 1 saturated heterocycles. The molecule has 1 fully saturated rings. The number of methoxy groups -OCH3 is 1. The maximum atomic E-state index is 12.1. The fourth-order valence-electron chi connectivity index (χ4n) is 2.62. The number of nitrogens with one attached hydrogen (secondary N) is 1. The minimum Gasteiger partial charge on any atom is -0.495 e. The number of para-hydroxylation sites is 1. The highest BCUT2D eigenvalue weighted by atomic mass is 16.5. The lowest BCUT2D eigenvalue weighted by Crippen LogP contribution is -2.42. The molecule has 0 bridgehead atoms. The van der Waals surface area contributed by atoms with Crippen molar-refractivity contribution in [2.24, 2.45) is 5.92 Å².